The monoisotopic (exact) mass is 224 g/mol. The molecule has 0 atom stereocenters. The van der Waals surface area contributed by atoms with Crippen molar-refractivity contribution >= 4 is 23.5 Å². The zero-order valence-electron chi connectivity index (χ0n) is 9.85. The van der Waals surface area contributed by atoms with Crippen LogP contribution < -0.4 is 11.5 Å². The van der Waals surface area contributed by atoms with Crippen molar-refractivity contribution in [1.29, 1.82) is 0 Å². The third kappa shape index (κ3) is 2.67. The van der Waals surface area contributed by atoms with E-state index >= 15 is 0 Å². The van der Waals surface area contributed by atoms with Crippen molar-refractivity contribution in [3.05, 3.63) is 59.2 Å². The molecule has 2 aromatic rings. The number of nitrogens with two attached hydrogens (primary N) is 2. The molecule has 0 fully saturated rings. The molecule has 0 aliphatic heterocycles. The average molecular weight is 224 g/mol. The van der Waals surface area contributed by atoms with Crippen molar-refractivity contribution in [2.24, 2.45) is 0 Å². The number of rotatable bonds is 2. The number of hydrogen-bond donors (Lipinski definition) is 2. The predicted octanol–water partition coefficient (Wildman–Crippen LogP) is 3.33. The summed E-state index contributed by atoms with van der Waals surface area (Å²) >= 11 is 0. The zero-order chi connectivity index (χ0) is 12.3. The van der Waals surface area contributed by atoms with Gasteiger partial charge in [0.1, 0.15) is 0 Å². The average Bonchev–Trinajstić information content (AvgIpc) is 2.29. The standard InChI is InChI=1S/C15H16N2/c1-11-9-14(16)13(15(17)10-11)8-7-12-5-3-2-4-6-12/h2-10H,16-17H2,1H3. The van der Waals surface area contributed by atoms with Crippen molar-refractivity contribution in [1.82, 2.24) is 0 Å². The van der Waals surface area contributed by atoms with Crippen LogP contribution in [0.4, 0.5) is 11.4 Å². The minimum Gasteiger partial charge on any atom is -0.398 e. The molecule has 2 rings (SSSR count). The summed E-state index contributed by atoms with van der Waals surface area (Å²) in [6.07, 6.45) is 3.97. The first-order valence-electron chi connectivity index (χ1n) is 5.55. The summed E-state index contributed by atoms with van der Waals surface area (Å²) in [6.45, 7) is 1.98. The molecule has 17 heavy (non-hydrogen) atoms. The maximum atomic E-state index is 5.96. The van der Waals surface area contributed by atoms with Gasteiger partial charge in [0.05, 0.1) is 0 Å². The van der Waals surface area contributed by atoms with E-state index in [9.17, 15) is 0 Å². The second-order valence-corrected chi connectivity index (χ2v) is 4.10. The van der Waals surface area contributed by atoms with Crippen LogP contribution >= 0.6 is 0 Å². The van der Waals surface area contributed by atoms with E-state index in [1.54, 1.807) is 0 Å². The Hall–Kier alpha value is -2.22. The molecule has 0 amide bonds. The highest BCUT2D eigenvalue weighted by Crippen LogP contribution is 2.24. The minimum absolute atomic E-state index is 0.717. The highest BCUT2D eigenvalue weighted by Gasteiger charge is 2.01. The normalized spacial score (nSPS) is 10.9. The smallest absolute Gasteiger partial charge is 0.0411 e. The summed E-state index contributed by atoms with van der Waals surface area (Å²) in [5.41, 5.74) is 16.4. The fourth-order valence-corrected chi connectivity index (χ4v) is 1.79. The van der Waals surface area contributed by atoms with Gasteiger partial charge < -0.3 is 11.5 Å². The number of benzene rings is 2. The van der Waals surface area contributed by atoms with Crippen molar-refractivity contribution in [2.75, 3.05) is 11.5 Å². The molecule has 0 radical (unpaired) electrons. The van der Waals surface area contributed by atoms with Gasteiger partial charge in [-0.25, -0.2) is 0 Å². The first kappa shape index (κ1) is 11.3. The number of anilines is 2. The lowest BCUT2D eigenvalue weighted by Gasteiger charge is -2.06. The van der Waals surface area contributed by atoms with Crippen LogP contribution in [0.1, 0.15) is 16.7 Å². The molecule has 86 valence electrons. The maximum absolute atomic E-state index is 5.96. The van der Waals surface area contributed by atoms with E-state index in [-0.39, 0.29) is 0 Å². The van der Waals surface area contributed by atoms with Gasteiger partial charge in [0.15, 0.2) is 0 Å². The molecule has 2 aromatic carbocycles. The minimum atomic E-state index is 0.717. The molecule has 0 saturated carbocycles. The lowest BCUT2D eigenvalue weighted by atomic mass is 10.1. The van der Waals surface area contributed by atoms with Gasteiger partial charge in [-0.15, -0.1) is 0 Å². The summed E-state index contributed by atoms with van der Waals surface area (Å²) in [4.78, 5) is 0. The Balaban J connectivity index is 2.34. The molecular formula is C15H16N2. The Morgan fingerprint density at radius 3 is 2.06 bits per heavy atom. The van der Waals surface area contributed by atoms with Gasteiger partial charge in [-0.2, -0.15) is 0 Å². The Morgan fingerprint density at radius 2 is 1.47 bits per heavy atom. The zero-order valence-corrected chi connectivity index (χ0v) is 9.85. The van der Waals surface area contributed by atoms with E-state index in [0.29, 0.717) is 0 Å². The molecular weight excluding hydrogens is 208 g/mol. The summed E-state index contributed by atoms with van der Waals surface area (Å²) < 4.78 is 0. The lowest BCUT2D eigenvalue weighted by Crippen LogP contribution is -1.96. The summed E-state index contributed by atoms with van der Waals surface area (Å²) in [7, 11) is 0. The molecule has 0 saturated heterocycles. The molecule has 2 nitrogen and oxygen atoms in total. The van der Waals surface area contributed by atoms with E-state index in [1.807, 2.05) is 61.5 Å². The van der Waals surface area contributed by atoms with Gasteiger partial charge in [0.2, 0.25) is 0 Å². The fraction of sp³-hybridized carbons (Fsp3) is 0.0667. The Kier molecular flexibility index (Phi) is 3.15. The number of hydrogen-bond acceptors (Lipinski definition) is 2. The fourth-order valence-electron chi connectivity index (χ4n) is 1.79. The number of aryl methyl sites for hydroxylation is 1. The molecule has 0 spiro atoms. The third-order valence-corrected chi connectivity index (χ3v) is 2.63. The highest BCUT2D eigenvalue weighted by molar-refractivity contribution is 5.82. The Bertz CT molecular complexity index is 519. The van der Waals surface area contributed by atoms with Crippen LogP contribution in [-0.4, -0.2) is 0 Å². The van der Waals surface area contributed by atoms with Crippen molar-refractivity contribution < 1.29 is 0 Å². The van der Waals surface area contributed by atoms with Crippen LogP contribution in [0.2, 0.25) is 0 Å². The first-order valence-corrected chi connectivity index (χ1v) is 5.55. The highest BCUT2D eigenvalue weighted by atomic mass is 14.6. The largest absolute Gasteiger partial charge is 0.398 e. The first-order chi connectivity index (χ1) is 8.16. The Morgan fingerprint density at radius 1 is 0.882 bits per heavy atom. The van der Waals surface area contributed by atoms with Gasteiger partial charge >= 0.3 is 0 Å². The lowest BCUT2D eigenvalue weighted by molar-refractivity contribution is 1.46. The molecule has 0 bridgehead atoms. The van der Waals surface area contributed by atoms with Crippen molar-refractivity contribution in [3.8, 4) is 0 Å². The van der Waals surface area contributed by atoms with Gasteiger partial charge in [-0.1, -0.05) is 42.5 Å². The van der Waals surface area contributed by atoms with E-state index < -0.39 is 0 Å². The molecule has 4 N–H and O–H groups in total. The second kappa shape index (κ2) is 4.74. The topological polar surface area (TPSA) is 52.0 Å². The van der Waals surface area contributed by atoms with Gasteiger partial charge in [-0.05, 0) is 30.2 Å². The van der Waals surface area contributed by atoms with Crippen LogP contribution in [0.3, 0.4) is 0 Å². The second-order valence-electron chi connectivity index (χ2n) is 4.10. The maximum Gasteiger partial charge on any atom is 0.0411 e. The summed E-state index contributed by atoms with van der Waals surface area (Å²) in [6, 6.07) is 13.9. The molecule has 0 aliphatic carbocycles. The van der Waals surface area contributed by atoms with Gasteiger partial charge in [-0.3, -0.25) is 0 Å². The predicted molar refractivity (Wildman–Crippen MR) is 75.4 cm³/mol. The third-order valence-electron chi connectivity index (χ3n) is 2.63. The molecule has 0 unspecified atom stereocenters. The van der Waals surface area contributed by atoms with Crippen molar-refractivity contribution in [2.45, 2.75) is 6.92 Å². The van der Waals surface area contributed by atoms with Crippen LogP contribution in [0.5, 0.6) is 0 Å². The van der Waals surface area contributed by atoms with Crippen LogP contribution in [-0.2, 0) is 0 Å². The molecule has 0 aliphatic rings. The van der Waals surface area contributed by atoms with E-state index in [2.05, 4.69) is 0 Å². The van der Waals surface area contributed by atoms with Crippen molar-refractivity contribution in [3.63, 3.8) is 0 Å². The van der Waals surface area contributed by atoms with Gasteiger partial charge in [0, 0.05) is 16.9 Å². The van der Waals surface area contributed by atoms with E-state index in [4.69, 9.17) is 11.5 Å². The molecule has 0 aromatic heterocycles. The van der Waals surface area contributed by atoms with Gasteiger partial charge in [0.25, 0.3) is 0 Å². The number of nitrogen functional groups attached to an aromatic ring is 2. The van der Waals surface area contributed by atoms with Crippen LogP contribution in [0.15, 0.2) is 42.5 Å². The van der Waals surface area contributed by atoms with E-state index in [0.717, 1.165) is 28.1 Å². The summed E-state index contributed by atoms with van der Waals surface area (Å²) in [5.74, 6) is 0. The Labute approximate surface area is 102 Å². The quantitative estimate of drug-likeness (QED) is 0.607. The molecule has 2 heteroatoms. The van der Waals surface area contributed by atoms with Crippen LogP contribution in [0.25, 0.3) is 12.2 Å². The molecule has 0 heterocycles. The van der Waals surface area contributed by atoms with E-state index in [1.165, 1.54) is 0 Å². The summed E-state index contributed by atoms with van der Waals surface area (Å²) in [5, 5.41) is 0. The van der Waals surface area contributed by atoms with Crippen LogP contribution in [0, 0.1) is 6.92 Å². The SMILES string of the molecule is Cc1cc(N)c(C=Cc2ccccc2)c(N)c1.